The van der Waals surface area contributed by atoms with E-state index in [2.05, 4.69) is 8.92 Å². The molecule has 0 bridgehead atoms. The maximum atomic E-state index is 12.3. The lowest BCUT2D eigenvalue weighted by molar-refractivity contribution is -0.139. The Bertz CT molecular complexity index is 639. The second-order valence-corrected chi connectivity index (χ2v) is 5.52. The predicted molar refractivity (Wildman–Crippen MR) is 68.9 cm³/mol. The molecule has 0 amide bonds. The Morgan fingerprint density at radius 1 is 1.18 bits per heavy atom. The molecule has 22 heavy (non-hydrogen) atoms. The number of carbonyl (C=O) groups is 1. The largest absolute Gasteiger partial charge is 0.534 e. The Balaban J connectivity index is 3.15. The minimum absolute atomic E-state index is 0.0660. The molecular formula is C12H13F3O6S. The molecule has 0 N–H and O–H groups in total. The Labute approximate surface area is 124 Å². The molecule has 10 heteroatoms. The van der Waals surface area contributed by atoms with Gasteiger partial charge in [-0.1, -0.05) is 0 Å². The van der Waals surface area contributed by atoms with Crippen molar-refractivity contribution in [2.45, 2.75) is 18.9 Å². The quantitative estimate of drug-likeness (QED) is 0.447. The minimum Gasteiger partial charge on any atom is -0.494 e. The van der Waals surface area contributed by atoms with E-state index in [1.807, 2.05) is 0 Å². The van der Waals surface area contributed by atoms with Gasteiger partial charge in [0.1, 0.15) is 11.5 Å². The molecule has 0 fully saturated rings. The van der Waals surface area contributed by atoms with E-state index in [1.54, 1.807) is 6.92 Å². The lowest BCUT2D eigenvalue weighted by Gasteiger charge is -2.12. The minimum atomic E-state index is -5.81. The summed E-state index contributed by atoms with van der Waals surface area (Å²) in [6, 6.07) is 3.34. The molecular weight excluding hydrogens is 329 g/mol. The van der Waals surface area contributed by atoms with Crippen LogP contribution in [0.25, 0.3) is 0 Å². The maximum absolute atomic E-state index is 12.3. The van der Waals surface area contributed by atoms with E-state index >= 15 is 0 Å². The molecule has 0 aromatic heterocycles. The lowest BCUT2D eigenvalue weighted by Crippen LogP contribution is -2.28. The summed E-state index contributed by atoms with van der Waals surface area (Å²) >= 11 is 0. The summed E-state index contributed by atoms with van der Waals surface area (Å²) in [4.78, 5) is 11.2. The molecule has 0 unspecified atom stereocenters. The SMILES string of the molecule is CCOc1cc(CC(=O)OC)cc(OS(=O)(=O)C(F)(F)F)c1. The summed E-state index contributed by atoms with van der Waals surface area (Å²) in [6.45, 7) is 1.81. The van der Waals surface area contributed by atoms with Gasteiger partial charge in [-0.15, -0.1) is 0 Å². The Morgan fingerprint density at radius 3 is 2.27 bits per heavy atom. The number of halogens is 3. The van der Waals surface area contributed by atoms with Crippen molar-refractivity contribution in [3.63, 3.8) is 0 Å². The van der Waals surface area contributed by atoms with Gasteiger partial charge in [0.15, 0.2) is 0 Å². The predicted octanol–water partition coefficient (Wildman–Crippen LogP) is 2.03. The van der Waals surface area contributed by atoms with Crippen LogP contribution in [0.4, 0.5) is 13.2 Å². The number of benzene rings is 1. The fourth-order valence-corrected chi connectivity index (χ4v) is 1.89. The van der Waals surface area contributed by atoms with Gasteiger partial charge in [-0.3, -0.25) is 4.79 Å². The third kappa shape index (κ3) is 4.79. The van der Waals surface area contributed by atoms with Crippen molar-refractivity contribution >= 4 is 16.1 Å². The van der Waals surface area contributed by atoms with Crippen molar-refractivity contribution in [2.24, 2.45) is 0 Å². The first kappa shape index (κ1) is 18.1. The van der Waals surface area contributed by atoms with Gasteiger partial charge in [-0.25, -0.2) is 0 Å². The molecule has 0 aliphatic rings. The van der Waals surface area contributed by atoms with Crippen LogP contribution in [0.15, 0.2) is 18.2 Å². The van der Waals surface area contributed by atoms with Crippen molar-refractivity contribution in [3.8, 4) is 11.5 Å². The summed E-state index contributed by atoms with van der Waals surface area (Å²) in [6.07, 6.45) is -0.278. The van der Waals surface area contributed by atoms with Crippen LogP contribution in [0.2, 0.25) is 0 Å². The third-order valence-corrected chi connectivity index (χ3v) is 3.30. The molecule has 0 aliphatic carbocycles. The standard InChI is InChI=1S/C12H13F3O6S/c1-3-20-9-4-8(6-11(16)19-2)5-10(7-9)21-22(17,18)12(13,14)15/h4-5,7H,3,6H2,1-2H3. The highest BCUT2D eigenvalue weighted by molar-refractivity contribution is 7.88. The molecule has 1 aromatic carbocycles. The number of hydrogen-bond acceptors (Lipinski definition) is 6. The smallest absolute Gasteiger partial charge is 0.494 e. The van der Waals surface area contributed by atoms with Crippen molar-refractivity contribution < 1.29 is 40.0 Å². The monoisotopic (exact) mass is 342 g/mol. The third-order valence-electron chi connectivity index (χ3n) is 2.32. The summed E-state index contributed by atoms with van der Waals surface area (Å²) in [7, 11) is -4.67. The molecule has 1 aromatic rings. The van der Waals surface area contributed by atoms with Crippen LogP contribution < -0.4 is 8.92 Å². The van der Waals surface area contributed by atoms with E-state index in [1.165, 1.54) is 6.07 Å². The van der Waals surface area contributed by atoms with Crippen LogP contribution in [0.1, 0.15) is 12.5 Å². The molecule has 6 nitrogen and oxygen atoms in total. The first-order valence-corrected chi connectivity index (χ1v) is 7.34. The average Bonchev–Trinajstić information content (AvgIpc) is 2.36. The molecule has 1 rings (SSSR count). The van der Waals surface area contributed by atoms with Crippen molar-refractivity contribution in [1.82, 2.24) is 0 Å². The van der Waals surface area contributed by atoms with Crippen LogP contribution in [-0.2, 0) is 26.1 Å². The fourth-order valence-electron chi connectivity index (χ4n) is 1.44. The summed E-state index contributed by atoms with van der Waals surface area (Å²) in [5, 5.41) is 0. The second-order valence-electron chi connectivity index (χ2n) is 3.98. The summed E-state index contributed by atoms with van der Waals surface area (Å²) in [5.74, 6) is -1.20. The molecule has 0 spiro atoms. The van der Waals surface area contributed by atoms with E-state index in [9.17, 15) is 26.4 Å². The second kappa shape index (κ2) is 6.86. The number of carbonyl (C=O) groups excluding carboxylic acids is 1. The first-order chi connectivity index (χ1) is 10.1. The molecule has 0 aliphatic heterocycles. The van der Waals surface area contributed by atoms with Gasteiger partial charge in [-0.05, 0) is 24.6 Å². The highest BCUT2D eigenvalue weighted by Gasteiger charge is 2.48. The molecule has 0 saturated carbocycles. The number of alkyl halides is 3. The van der Waals surface area contributed by atoms with Crippen LogP contribution in [0.3, 0.4) is 0 Å². The van der Waals surface area contributed by atoms with E-state index in [0.29, 0.717) is 0 Å². The molecule has 124 valence electrons. The number of esters is 1. The fraction of sp³-hybridized carbons (Fsp3) is 0.417. The Hall–Kier alpha value is -1.97. The van der Waals surface area contributed by atoms with Gasteiger partial charge in [0.25, 0.3) is 0 Å². The van der Waals surface area contributed by atoms with Gasteiger partial charge in [0.2, 0.25) is 0 Å². The van der Waals surface area contributed by atoms with Crippen LogP contribution in [0, 0.1) is 0 Å². The molecule has 0 heterocycles. The summed E-state index contributed by atoms with van der Waals surface area (Å²) in [5.41, 5.74) is -5.37. The van der Waals surface area contributed by atoms with Crippen molar-refractivity contribution in [3.05, 3.63) is 23.8 Å². The molecule has 0 saturated heterocycles. The van der Waals surface area contributed by atoms with Gasteiger partial charge < -0.3 is 13.7 Å². The normalized spacial score (nSPS) is 11.9. The van der Waals surface area contributed by atoms with Gasteiger partial charge in [-0.2, -0.15) is 21.6 Å². The van der Waals surface area contributed by atoms with Crippen LogP contribution in [0.5, 0.6) is 11.5 Å². The Kier molecular flexibility index (Phi) is 5.64. The molecule has 0 radical (unpaired) electrons. The lowest BCUT2D eigenvalue weighted by atomic mass is 10.1. The van der Waals surface area contributed by atoms with Crippen LogP contribution >= 0.6 is 0 Å². The number of ether oxygens (including phenoxy) is 2. The van der Waals surface area contributed by atoms with Gasteiger partial charge >= 0.3 is 21.6 Å². The number of methoxy groups -OCH3 is 1. The topological polar surface area (TPSA) is 78.9 Å². The highest BCUT2D eigenvalue weighted by atomic mass is 32.2. The zero-order valence-electron chi connectivity index (χ0n) is 11.6. The zero-order chi connectivity index (χ0) is 17.0. The van der Waals surface area contributed by atoms with E-state index in [0.717, 1.165) is 19.2 Å². The van der Waals surface area contributed by atoms with E-state index < -0.39 is 27.3 Å². The highest BCUT2D eigenvalue weighted by Crippen LogP contribution is 2.30. The zero-order valence-corrected chi connectivity index (χ0v) is 12.5. The van der Waals surface area contributed by atoms with Crippen LogP contribution in [-0.4, -0.2) is 33.6 Å². The average molecular weight is 342 g/mol. The molecule has 0 atom stereocenters. The van der Waals surface area contributed by atoms with Gasteiger partial charge in [0, 0.05) is 6.07 Å². The number of rotatable bonds is 6. The summed E-state index contributed by atoms with van der Waals surface area (Å²) < 4.78 is 72.5. The Morgan fingerprint density at radius 2 is 1.77 bits per heavy atom. The number of hydrogen-bond donors (Lipinski definition) is 0. The van der Waals surface area contributed by atoms with Crippen molar-refractivity contribution in [2.75, 3.05) is 13.7 Å². The van der Waals surface area contributed by atoms with E-state index in [-0.39, 0.29) is 24.3 Å². The first-order valence-electron chi connectivity index (χ1n) is 5.93. The van der Waals surface area contributed by atoms with E-state index in [4.69, 9.17) is 4.74 Å². The van der Waals surface area contributed by atoms with Crippen molar-refractivity contribution in [1.29, 1.82) is 0 Å². The maximum Gasteiger partial charge on any atom is 0.534 e. The van der Waals surface area contributed by atoms with Gasteiger partial charge in [0.05, 0.1) is 20.1 Å².